The van der Waals surface area contributed by atoms with E-state index in [1.807, 2.05) is 0 Å². The monoisotopic (exact) mass is 466 g/mol. The molecular weight excluding hydrogens is 439 g/mol. The second-order valence-electron chi connectivity index (χ2n) is 8.95. The standard InChI is InChI=1S/C24H27FN6O3/c25-18-4-1-15-3-6-23(34)31(19(15)9-18)8-7-30-13-17(20(32)14-30)10-26-12-21-27-11-16-2-5-22(33)29-24(16)28-21/h1,3-4,6,9,11,17,20,26,32H,2,5,7-8,10,12-14H2,(H,27,28,29,33)/t17-,20+/m0/s1. The van der Waals surface area contributed by atoms with Crippen LogP contribution in [0.1, 0.15) is 17.8 Å². The van der Waals surface area contributed by atoms with Gasteiger partial charge in [0.1, 0.15) is 17.5 Å². The third-order valence-electron chi connectivity index (χ3n) is 6.56. The summed E-state index contributed by atoms with van der Waals surface area (Å²) in [6.45, 7) is 3.22. The van der Waals surface area contributed by atoms with Gasteiger partial charge >= 0.3 is 0 Å². The number of β-amino-alcohol motifs (C(OH)–C–C–N with tert-alkyl or cyclic N) is 1. The zero-order chi connectivity index (χ0) is 23.7. The molecular formula is C24H27FN6O3. The van der Waals surface area contributed by atoms with Crippen molar-refractivity contribution in [2.75, 3.05) is 31.5 Å². The Kier molecular flexibility index (Phi) is 6.36. The van der Waals surface area contributed by atoms with Crippen LogP contribution in [0.3, 0.4) is 0 Å². The predicted octanol–water partition coefficient (Wildman–Crippen LogP) is 0.898. The van der Waals surface area contributed by atoms with Gasteiger partial charge < -0.3 is 20.3 Å². The summed E-state index contributed by atoms with van der Waals surface area (Å²) in [6, 6.07) is 7.64. The number of benzene rings is 1. The minimum atomic E-state index is -0.488. The minimum Gasteiger partial charge on any atom is -0.391 e. The van der Waals surface area contributed by atoms with Gasteiger partial charge in [-0.2, -0.15) is 0 Å². The van der Waals surface area contributed by atoms with Gasteiger partial charge in [-0.05, 0) is 36.1 Å². The van der Waals surface area contributed by atoms with Gasteiger partial charge in [-0.15, -0.1) is 0 Å². The molecule has 178 valence electrons. The first-order valence-electron chi connectivity index (χ1n) is 11.5. The molecule has 3 N–H and O–H groups in total. The van der Waals surface area contributed by atoms with Crippen molar-refractivity contribution in [3.63, 3.8) is 0 Å². The van der Waals surface area contributed by atoms with Crippen LogP contribution in [0.15, 0.2) is 41.3 Å². The molecule has 4 heterocycles. The second kappa shape index (κ2) is 9.57. The summed E-state index contributed by atoms with van der Waals surface area (Å²) in [5.74, 6) is 0.792. The molecule has 10 heteroatoms. The number of amides is 1. The van der Waals surface area contributed by atoms with Gasteiger partial charge in [0.25, 0.3) is 5.56 Å². The lowest BCUT2D eigenvalue weighted by molar-refractivity contribution is -0.116. The molecule has 1 aromatic carbocycles. The Balaban J connectivity index is 1.15. The normalized spacial score (nSPS) is 20.5. The van der Waals surface area contributed by atoms with E-state index in [4.69, 9.17) is 0 Å². The molecule has 0 aliphatic carbocycles. The van der Waals surface area contributed by atoms with E-state index in [0.29, 0.717) is 69.3 Å². The molecule has 2 aliphatic heterocycles. The number of pyridine rings is 1. The molecule has 3 aromatic rings. The number of aromatic nitrogens is 3. The maximum atomic E-state index is 13.7. The molecule has 1 fully saturated rings. The fraction of sp³-hybridized carbons (Fsp3) is 0.417. The average Bonchev–Trinajstić information content (AvgIpc) is 3.17. The van der Waals surface area contributed by atoms with E-state index < -0.39 is 6.10 Å². The molecule has 1 saturated heterocycles. The summed E-state index contributed by atoms with van der Waals surface area (Å²) in [7, 11) is 0. The lowest BCUT2D eigenvalue weighted by atomic mass is 10.1. The van der Waals surface area contributed by atoms with Crippen molar-refractivity contribution >= 4 is 22.6 Å². The number of aliphatic hydroxyl groups excluding tert-OH is 1. The van der Waals surface area contributed by atoms with Crippen molar-refractivity contribution in [2.24, 2.45) is 5.92 Å². The number of rotatable bonds is 7. The first-order valence-corrected chi connectivity index (χ1v) is 11.5. The maximum Gasteiger partial charge on any atom is 0.251 e. The number of nitrogens with one attached hydrogen (secondary N) is 2. The van der Waals surface area contributed by atoms with Crippen LogP contribution >= 0.6 is 0 Å². The molecule has 0 radical (unpaired) electrons. The molecule has 2 atom stereocenters. The van der Waals surface area contributed by atoms with Crippen LogP contribution < -0.4 is 16.2 Å². The second-order valence-corrected chi connectivity index (χ2v) is 8.95. The number of nitrogens with zero attached hydrogens (tertiary/aromatic N) is 4. The third kappa shape index (κ3) is 4.84. The Hall–Kier alpha value is -3.21. The largest absolute Gasteiger partial charge is 0.391 e. The Morgan fingerprint density at radius 2 is 2.00 bits per heavy atom. The lowest BCUT2D eigenvalue weighted by Gasteiger charge is -2.18. The van der Waals surface area contributed by atoms with Gasteiger partial charge in [0.05, 0.1) is 18.2 Å². The fourth-order valence-corrected chi connectivity index (χ4v) is 4.69. The summed E-state index contributed by atoms with van der Waals surface area (Å²) >= 11 is 0. The third-order valence-corrected chi connectivity index (χ3v) is 6.56. The molecule has 34 heavy (non-hydrogen) atoms. The summed E-state index contributed by atoms with van der Waals surface area (Å²) in [4.78, 5) is 34.9. The maximum absolute atomic E-state index is 13.7. The summed E-state index contributed by atoms with van der Waals surface area (Å²) in [6.07, 6.45) is 2.37. The number of fused-ring (bicyclic) bond motifs is 2. The Bertz CT molecular complexity index is 1280. The van der Waals surface area contributed by atoms with Gasteiger partial charge in [0.2, 0.25) is 5.91 Å². The van der Waals surface area contributed by atoms with Crippen LogP contribution in [0, 0.1) is 11.7 Å². The topological polar surface area (TPSA) is 112 Å². The van der Waals surface area contributed by atoms with Gasteiger partial charge in [0.15, 0.2) is 0 Å². The molecule has 5 rings (SSSR count). The highest BCUT2D eigenvalue weighted by molar-refractivity contribution is 5.92. The summed E-state index contributed by atoms with van der Waals surface area (Å²) in [5.41, 5.74) is 1.35. The zero-order valence-corrected chi connectivity index (χ0v) is 18.7. The lowest BCUT2D eigenvalue weighted by Crippen LogP contribution is -2.31. The van der Waals surface area contributed by atoms with Crippen LogP contribution in [0.5, 0.6) is 0 Å². The summed E-state index contributed by atoms with van der Waals surface area (Å²) in [5, 5.41) is 17.4. The molecule has 2 aliphatic rings. The highest BCUT2D eigenvalue weighted by Gasteiger charge is 2.30. The number of carbonyl (C=O) groups excluding carboxylic acids is 1. The number of anilines is 1. The van der Waals surface area contributed by atoms with Crippen molar-refractivity contribution in [1.82, 2.24) is 24.8 Å². The molecule has 0 unspecified atom stereocenters. The number of carbonyl (C=O) groups is 1. The summed E-state index contributed by atoms with van der Waals surface area (Å²) < 4.78 is 15.3. The van der Waals surface area contributed by atoms with E-state index in [0.717, 1.165) is 10.9 Å². The van der Waals surface area contributed by atoms with Crippen molar-refractivity contribution in [1.29, 1.82) is 0 Å². The minimum absolute atomic E-state index is 0.0269. The quantitative estimate of drug-likeness (QED) is 0.474. The van der Waals surface area contributed by atoms with Gasteiger partial charge in [-0.25, -0.2) is 14.4 Å². The SMILES string of the molecule is O=C1CCc2cnc(CNC[C@H]3CN(CCn4c(=O)ccc5ccc(F)cc54)C[C@H]3O)nc2N1. The molecule has 1 amide bonds. The fourth-order valence-electron chi connectivity index (χ4n) is 4.69. The van der Waals surface area contributed by atoms with Crippen molar-refractivity contribution in [3.8, 4) is 0 Å². The first-order chi connectivity index (χ1) is 16.5. The first kappa shape index (κ1) is 22.6. The molecule has 0 bridgehead atoms. The molecule has 0 saturated carbocycles. The highest BCUT2D eigenvalue weighted by Crippen LogP contribution is 2.20. The van der Waals surface area contributed by atoms with E-state index in [1.54, 1.807) is 22.9 Å². The Morgan fingerprint density at radius 1 is 1.15 bits per heavy atom. The molecule has 2 aromatic heterocycles. The van der Waals surface area contributed by atoms with Crippen LogP contribution in [0.2, 0.25) is 0 Å². The van der Waals surface area contributed by atoms with E-state index >= 15 is 0 Å². The number of aliphatic hydroxyl groups is 1. The van der Waals surface area contributed by atoms with Gasteiger partial charge in [-0.3, -0.25) is 14.5 Å². The van der Waals surface area contributed by atoms with Crippen LogP contribution in [-0.2, 0) is 24.3 Å². The van der Waals surface area contributed by atoms with Gasteiger partial charge in [-0.1, -0.05) is 0 Å². The predicted molar refractivity (Wildman–Crippen MR) is 125 cm³/mol. The van der Waals surface area contributed by atoms with Crippen molar-refractivity contribution in [3.05, 3.63) is 64.1 Å². The number of aryl methyl sites for hydroxylation is 1. The number of likely N-dealkylation sites (tertiary alicyclic amines) is 1. The van der Waals surface area contributed by atoms with Crippen molar-refractivity contribution in [2.45, 2.75) is 32.0 Å². The molecule has 0 spiro atoms. The number of hydrogen-bond acceptors (Lipinski definition) is 7. The van der Waals surface area contributed by atoms with Crippen LogP contribution in [-0.4, -0.2) is 62.7 Å². The van der Waals surface area contributed by atoms with E-state index in [9.17, 15) is 19.1 Å². The van der Waals surface area contributed by atoms with E-state index in [1.165, 1.54) is 18.2 Å². The van der Waals surface area contributed by atoms with Gasteiger partial charge in [0, 0.05) is 62.9 Å². The van der Waals surface area contributed by atoms with Crippen molar-refractivity contribution < 1.29 is 14.3 Å². The Labute approximate surface area is 195 Å². The van der Waals surface area contributed by atoms with Crippen LogP contribution in [0.25, 0.3) is 10.9 Å². The smallest absolute Gasteiger partial charge is 0.251 e. The molecule has 9 nitrogen and oxygen atoms in total. The average molecular weight is 467 g/mol. The Morgan fingerprint density at radius 3 is 2.88 bits per heavy atom. The van der Waals surface area contributed by atoms with Crippen LogP contribution in [0.4, 0.5) is 10.2 Å². The zero-order valence-electron chi connectivity index (χ0n) is 18.7. The number of hydrogen-bond donors (Lipinski definition) is 3. The highest BCUT2D eigenvalue weighted by atomic mass is 19.1. The van der Waals surface area contributed by atoms with E-state index in [2.05, 4.69) is 25.5 Å². The number of halogens is 1. The van der Waals surface area contributed by atoms with E-state index in [-0.39, 0.29) is 23.2 Å².